The molecule has 0 aliphatic rings. The Morgan fingerprint density at radius 1 is 1.31 bits per heavy atom. The van der Waals surface area contributed by atoms with Crippen molar-refractivity contribution in [3.8, 4) is 0 Å². The van der Waals surface area contributed by atoms with Gasteiger partial charge in [-0.05, 0) is 31.5 Å². The number of benzene rings is 1. The number of sulfonamides is 1. The fraction of sp³-hybridized carbons (Fsp3) is 0.455. The van der Waals surface area contributed by atoms with Gasteiger partial charge in [-0.3, -0.25) is 4.72 Å². The standard InChI is InChI=1S/C11H18N2O2S/c1-4-9(2)12-10-6-5-7-11(8-10)13-16(3,14)15/h5-9,12-13H,4H2,1-3H3. The fourth-order valence-corrected chi connectivity index (χ4v) is 1.83. The van der Waals surface area contributed by atoms with Crippen molar-refractivity contribution >= 4 is 21.4 Å². The molecule has 16 heavy (non-hydrogen) atoms. The van der Waals surface area contributed by atoms with Crippen molar-refractivity contribution in [2.45, 2.75) is 26.3 Å². The van der Waals surface area contributed by atoms with Crippen LogP contribution in [0, 0.1) is 0 Å². The molecule has 90 valence electrons. The first-order chi connectivity index (χ1) is 7.40. The third-order valence-corrected chi connectivity index (χ3v) is 2.80. The summed E-state index contributed by atoms with van der Waals surface area (Å²) in [5.74, 6) is 0. The topological polar surface area (TPSA) is 58.2 Å². The van der Waals surface area contributed by atoms with Crippen LogP contribution in [0.1, 0.15) is 20.3 Å². The van der Waals surface area contributed by atoms with E-state index in [-0.39, 0.29) is 0 Å². The van der Waals surface area contributed by atoms with E-state index in [2.05, 4.69) is 23.9 Å². The van der Waals surface area contributed by atoms with Gasteiger partial charge in [0.15, 0.2) is 0 Å². The zero-order valence-electron chi connectivity index (χ0n) is 9.82. The van der Waals surface area contributed by atoms with E-state index in [1.54, 1.807) is 12.1 Å². The number of nitrogens with one attached hydrogen (secondary N) is 2. The van der Waals surface area contributed by atoms with Gasteiger partial charge in [0.1, 0.15) is 0 Å². The molecule has 0 saturated carbocycles. The molecule has 0 aliphatic carbocycles. The predicted molar refractivity (Wildman–Crippen MR) is 68.3 cm³/mol. The fourth-order valence-electron chi connectivity index (χ4n) is 1.27. The molecule has 0 heterocycles. The molecule has 0 bridgehead atoms. The van der Waals surface area contributed by atoms with Gasteiger partial charge in [0.25, 0.3) is 0 Å². The summed E-state index contributed by atoms with van der Waals surface area (Å²) in [6, 6.07) is 7.61. The van der Waals surface area contributed by atoms with Crippen molar-refractivity contribution in [3.63, 3.8) is 0 Å². The van der Waals surface area contributed by atoms with Crippen LogP contribution in [0.2, 0.25) is 0 Å². The zero-order chi connectivity index (χ0) is 12.2. The molecule has 5 heteroatoms. The van der Waals surface area contributed by atoms with Crippen LogP contribution in [-0.2, 0) is 10.0 Å². The van der Waals surface area contributed by atoms with Crippen molar-refractivity contribution in [1.29, 1.82) is 0 Å². The van der Waals surface area contributed by atoms with Gasteiger partial charge in [-0.15, -0.1) is 0 Å². The van der Waals surface area contributed by atoms with E-state index in [0.717, 1.165) is 18.4 Å². The number of anilines is 2. The van der Waals surface area contributed by atoms with E-state index in [0.29, 0.717) is 11.7 Å². The Bertz CT molecular complexity index is 443. The monoisotopic (exact) mass is 242 g/mol. The minimum atomic E-state index is -3.21. The first-order valence-corrected chi connectivity index (χ1v) is 7.14. The van der Waals surface area contributed by atoms with Crippen LogP contribution < -0.4 is 10.0 Å². The molecule has 1 unspecified atom stereocenters. The van der Waals surface area contributed by atoms with Crippen LogP contribution in [0.3, 0.4) is 0 Å². The lowest BCUT2D eigenvalue weighted by Gasteiger charge is -2.14. The summed E-state index contributed by atoms with van der Waals surface area (Å²) in [4.78, 5) is 0. The highest BCUT2D eigenvalue weighted by molar-refractivity contribution is 7.92. The van der Waals surface area contributed by atoms with Gasteiger partial charge >= 0.3 is 0 Å². The third-order valence-electron chi connectivity index (χ3n) is 2.19. The molecule has 0 spiro atoms. The number of hydrogen-bond donors (Lipinski definition) is 2. The Morgan fingerprint density at radius 3 is 2.50 bits per heavy atom. The minimum Gasteiger partial charge on any atom is -0.383 e. The Kier molecular flexibility index (Phi) is 4.18. The molecule has 0 radical (unpaired) electrons. The van der Waals surface area contributed by atoms with Crippen LogP contribution >= 0.6 is 0 Å². The average molecular weight is 242 g/mol. The van der Waals surface area contributed by atoms with Gasteiger partial charge in [0.2, 0.25) is 10.0 Å². The van der Waals surface area contributed by atoms with Crippen LogP contribution in [0.4, 0.5) is 11.4 Å². The molecule has 0 aliphatic heterocycles. The molecule has 0 saturated heterocycles. The van der Waals surface area contributed by atoms with Crippen LogP contribution in [0.5, 0.6) is 0 Å². The maximum atomic E-state index is 11.1. The number of hydrogen-bond acceptors (Lipinski definition) is 3. The molecule has 0 amide bonds. The van der Waals surface area contributed by atoms with Gasteiger partial charge in [-0.1, -0.05) is 13.0 Å². The summed E-state index contributed by atoms with van der Waals surface area (Å²) in [7, 11) is -3.21. The van der Waals surface area contributed by atoms with Crippen LogP contribution in [0.25, 0.3) is 0 Å². The van der Waals surface area contributed by atoms with E-state index >= 15 is 0 Å². The molecule has 1 rings (SSSR count). The lowest BCUT2D eigenvalue weighted by Crippen LogP contribution is -2.14. The Labute approximate surface area is 97.1 Å². The van der Waals surface area contributed by atoms with Crippen molar-refractivity contribution in [2.75, 3.05) is 16.3 Å². The molecule has 1 aromatic carbocycles. The SMILES string of the molecule is CCC(C)Nc1cccc(NS(C)(=O)=O)c1. The van der Waals surface area contributed by atoms with Gasteiger partial charge in [-0.25, -0.2) is 8.42 Å². The van der Waals surface area contributed by atoms with E-state index in [9.17, 15) is 8.42 Å². The van der Waals surface area contributed by atoms with Gasteiger partial charge < -0.3 is 5.32 Å². The largest absolute Gasteiger partial charge is 0.383 e. The van der Waals surface area contributed by atoms with E-state index in [1.165, 1.54) is 0 Å². The maximum absolute atomic E-state index is 11.1. The third kappa shape index (κ3) is 4.53. The lowest BCUT2D eigenvalue weighted by molar-refractivity contribution is 0.607. The molecule has 1 aromatic rings. The molecule has 0 aromatic heterocycles. The van der Waals surface area contributed by atoms with Crippen molar-refractivity contribution in [3.05, 3.63) is 24.3 Å². The van der Waals surface area contributed by atoms with E-state index in [1.807, 2.05) is 12.1 Å². The van der Waals surface area contributed by atoms with Crippen LogP contribution in [0.15, 0.2) is 24.3 Å². The molecule has 1 atom stereocenters. The Morgan fingerprint density at radius 2 is 1.94 bits per heavy atom. The maximum Gasteiger partial charge on any atom is 0.229 e. The highest BCUT2D eigenvalue weighted by Crippen LogP contribution is 2.17. The van der Waals surface area contributed by atoms with Crippen molar-refractivity contribution < 1.29 is 8.42 Å². The minimum absolute atomic E-state index is 0.369. The van der Waals surface area contributed by atoms with E-state index < -0.39 is 10.0 Å². The van der Waals surface area contributed by atoms with Gasteiger partial charge in [-0.2, -0.15) is 0 Å². The van der Waals surface area contributed by atoms with E-state index in [4.69, 9.17) is 0 Å². The smallest absolute Gasteiger partial charge is 0.229 e. The van der Waals surface area contributed by atoms with Gasteiger partial charge in [0, 0.05) is 11.7 Å². The molecular weight excluding hydrogens is 224 g/mol. The number of rotatable bonds is 5. The summed E-state index contributed by atoms with van der Waals surface area (Å²) in [5.41, 5.74) is 1.50. The molecule has 4 nitrogen and oxygen atoms in total. The van der Waals surface area contributed by atoms with Crippen molar-refractivity contribution in [2.24, 2.45) is 0 Å². The first-order valence-electron chi connectivity index (χ1n) is 5.25. The normalized spacial score (nSPS) is 13.2. The second-order valence-corrected chi connectivity index (χ2v) is 5.66. The average Bonchev–Trinajstić information content (AvgIpc) is 2.15. The predicted octanol–water partition coefficient (Wildman–Crippen LogP) is 2.27. The van der Waals surface area contributed by atoms with Crippen molar-refractivity contribution in [1.82, 2.24) is 0 Å². The molecule has 2 N–H and O–H groups in total. The first kappa shape index (κ1) is 12.8. The second kappa shape index (κ2) is 5.21. The quantitative estimate of drug-likeness (QED) is 0.832. The van der Waals surface area contributed by atoms with Crippen LogP contribution in [-0.4, -0.2) is 20.7 Å². The Balaban J connectivity index is 2.79. The summed E-state index contributed by atoms with van der Waals surface area (Å²) in [6.45, 7) is 4.17. The summed E-state index contributed by atoms with van der Waals surface area (Å²) in [5, 5.41) is 3.28. The summed E-state index contributed by atoms with van der Waals surface area (Å²) < 4.78 is 24.6. The summed E-state index contributed by atoms with van der Waals surface area (Å²) >= 11 is 0. The highest BCUT2D eigenvalue weighted by Gasteiger charge is 2.03. The Hall–Kier alpha value is -1.23. The molecule has 0 fully saturated rings. The van der Waals surface area contributed by atoms with Gasteiger partial charge in [0.05, 0.1) is 11.9 Å². The lowest BCUT2D eigenvalue weighted by atomic mass is 10.2. The summed E-state index contributed by atoms with van der Waals surface area (Å²) in [6.07, 6.45) is 2.16. The highest BCUT2D eigenvalue weighted by atomic mass is 32.2. The molecular formula is C11H18N2O2S. The second-order valence-electron chi connectivity index (χ2n) is 3.91. The zero-order valence-corrected chi connectivity index (χ0v) is 10.6.